The molecular weight excluding hydrogens is 302 g/mol. The van der Waals surface area contributed by atoms with Crippen molar-refractivity contribution < 1.29 is 4.79 Å². The second kappa shape index (κ2) is 8.36. The Morgan fingerprint density at radius 3 is 2.55 bits per heavy atom. The van der Waals surface area contributed by atoms with Crippen LogP contribution >= 0.6 is 12.4 Å². The van der Waals surface area contributed by atoms with Gasteiger partial charge in [0.2, 0.25) is 5.91 Å². The molecule has 0 spiro atoms. The Bertz CT molecular complexity index is 671. The van der Waals surface area contributed by atoms with Gasteiger partial charge < -0.3 is 15.6 Å². The maximum Gasteiger partial charge on any atom is 0.250 e. The van der Waals surface area contributed by atoms with Crippen molar-refractivity contribution in [3.63, 3.8) is 0 Å². The van der Waals surface area contributed by atoms with Gasteiger partial charge in [-0.15, -0.1) is 12.4 Å². The van der Waals surface area contributed by atoms with Crippen LogP contribution in [0, 0.1) is 0 Å². The van der Waals surface area contributed by atoms with E-state index >= 15 is 0 Å². The number of carbonyl (C=O) groups is 1. The first-order chi connectivity index (χ1) is 10.1. The van der Waals surface area contributed by atoms with Crippen LogP contribution in [0.4, 0.5) is 5.69 Å². The van der Waals surface area contributed by atoms with E-state index in [1.165, 1.54) is 10.6 Å². The lowest BCUT2D eigenvalue weighted by molar-refractivity contribution is -0.117. The summed E-state index contributed by atoms with van der Waals surface area (Å²) in [5.74, 6) is -0.264. The molecule has 1 heterocycles. The van der Waals surface area contributed by atoms with Crippen LogP contribution in [0.15, 0.2) is 53.5 Å². The second-order valence-electron chi connectivity index (χ2n) is 4.83. The summed E-state index contributed by atoms with van der Waals surface area (Å²) in [5, 5.41) is 2.74. The molecule has 2 rings (SSSR count). The van der Waals surface area contributed by atoms with Crippen LogP contribution in [-0.2, 0) is 17.8 Å². The molecular formula is C16H20ClN3O2. The molecule has 0 bridgehead atoms. The summed E-state index contributed by atoms with van der Waals surface area (Å²) in [6, 6.07) is 12.0. The lowest BCUT2D eigenvalue weighted by atomic mass is 10.1. The Hall–Kier alpha value is -2.11. The van der Waals surface area contributed by atoms with Gasteiger partial charge in [0.25, 0.3) is 5.56 Å². The fraction of sp³-hybridized carbons (Fsp3) is 0.250. The van der Waals surface area contributed by atoms with Crippen LogP contribution in [0.3, 0.4) is 0 Å². The van der Waals surface area contributed by atoms with Crippen molar-refractivity contribution in [3.05, 3.63) is 64.6 Å². The molecule has 5 nitrogen and oxygen atoms in total. The topological polar surface area (TPSA) is 77.1 Å². The SMILES string of the molecule is CCn1cc(NC(=O)C(N)Cc2ccccc2)ccc1=O.Cl. The summed E-state index contributed by atoms with van der Waals surface area (Å²) in [4.78, 5) is 23.6. The molecule has 0 aliphatic heterocycles. The number of aromatic nitrogens is 1. The number of carbonyl (C=O) groups excluding carboxylic acids is 1. The average molecular weight is 322 g/mol. The molecule has 1 unspecified atom stereocenters. The molecule has 1 atom stereocenters. The van der Waals surface area contributed by atoms with Crippen LogP contribution in [0.25, 0.3) is 0 Å². The van der Waals surface area contributed by atoms with Gasteiger partial charge >= 0.3 is 0 Å². The van der Waals surface area contributed by atoms with Gasteiger partial charge in [-0.05, 0) is 25.0 Å². The first kappa shape index (κ1) is 17.9. The van der Waals surface area contributed by atoms with Crippen molar-refractivity contribution in [2.75, 3.05) is 5.32 Å². The van der Waals surface area contributed by atoms with E-state index in [4.69, 9.17) is 5.73 Å². The van der Waals surface area contributed by atoms with Gasteiger partial charge in [0.1, 0.15) is 0 Å². The van der Waals surface area contributed by atoms with E-state index in [-0.39, 0.29) is 23.9 Å². The first-order valence-electron chi connectivity index (χ1n) is 6.91. The van der Waals surface area contributed by atoms with Crippen LogP contribution in [0.5, 0.6) is 0 Å². The molecule has 0 saturated heterocycles. The molecule has 1 aromatic heterocycles. The van der Waals surface area contributed by atoms with E-state index in [2.05, 4.69) is 5.32 Å². The number of halogens is 1. The summed E-state index contributed by atoms with van der Waals surface area (Å²) in [6.45, 7) is 2.42. The van der Waals surface area contributed by atoms with Crippen molar-refractivity contribution in [3.8, 4) is 0 Å². The van der Waals surface area contributed by atoms with Gasteiger partial charge in [-0.3, -0.25) is 9.59 Å². The Labute approximate surface area is 135 Å². The monoisotopic (exact) mass is 321 g/mol. The van der Waals surface area contributed by atoms with E-state index in [1.54, 1.807) is 12.3 Å². The number of nitrogens with two attached hydrogens (primary N) is 1. The Morgan fingerprint density at radius 2 is 1.91 bits per heavy atom. The van der Waals surface area contributed by atoms with E-state index < -0.39 is 6.04 Å². The Balaban J connectivity index is 0.00000242. The fourth-order valence-corrected chi connectivity index (χ4v) is 2.05. The number of benzene rings is 1. The van der Waals surface area contributed by atoms with Crippen LogP contribution < -0.4 is 16.6 Å². The smallest absolute Gasteiger partial charge is 0.250 e. The molecule has 2 aromatic rings. The quantitative estimate of drug-likeness (QED) is 0.881. The summed E-state index contributed by atoms with van der Waals surface area (Å²) in [6.07, 6.45) is 2.09. The normalized spacial score (nSPS) is 11.4. The molecule has 0 fully saturated rings. The number of nitrogens with one attached hydrogen (secondary N) is 1. The zero-order valence-corrected chi connectivity index (χ0v) is 13.2. The molecule has 118 valence electrons. The molecule has 0 saturated carbocycles. The molecule has 3 N–H and O–H groups in total. The molecule has 1 amide bonds. The van der Waals surface area contributed by atoms with E-state index in [0.717, 1.165) is 5.56 Å². The molecule has 22 heavy (non-hydrogen) atoms. The molecule has 0 aliphatic carbocycles. The van der Waals surface area contributed by atoms with Gasteiger partial charge in [-0.25, -0.2) is 0 Å². The minimum atomic E-state index is -0.630. The molecule has 0 radical (unpaired) electrons. The number of anilines is 1. The van der Waals surface area contributed by atoms with Gasteiger partial charge in [-0.2, -0.15) is 0 Å². The molecule has 1 aromatic carbocycles. The third-order valence-electron chi connectivity index (χ3n) is 3.23. The highest BCUT2D eigenvalue weighted by atomic mass is 35.5. The maximum atomic E-state index is 12.1. The third-order valence-corrected chi connectivity index (χ3v) is 3.23. The molecule has 6 heteroatoms. The van der Waals surface area contributed by atoms with E-state index in [1.807, 2.05) is 37.3 Å². The largest absolute Gasteiger partial charge is 0.323 e. The minimum Gasteiger partial charge on any atom is -0.323 e. The number of nitrogens with zero attached hydrogens (tertiary/aromatic N) is 1. The predicted molar refractivity (Wildman–Crippen MR) is 90.4 cm³/mol. The summed E-state index contributed by atoms with van der Waals surface area (Å²) in [5.41, 5.74) is 7.41. The average Bonchev–Trinajstić information content (AvgIpc) is 2.50. The van der Waals surface area contributed by atoms with Crippen LogP contribution in [0.2, 0.25) is 0 Å². The second-order valence-corrected chi connectivity index (χ2v) is 4.83. The van der Waals surface area contributed by atoms with Crippen molar-refractivity contribution in [1.82, 2.24) is 4.57 Å². The number of amides is 1. The number of hydrogen-bond acceptors (Lipinski definition) is 3. The highest BCUT2D eigenvalue weighted by Crippen LogP contribution is 2.06. The van der Waals surface area contributed by atoms with Gasteiger partial charge in [0.15, 0.2) is 0 Å². The fourth-order valence-electron chi connectivity index (χ4n) is 2.05. The predicted octanol–water partition coefficient (Wildman–Crippen LogP) is 1.80. The van der Waals surface area contributed by atoms with Crippen molar-refractivity contribution >= 4 is 24.0 Å². The van der Waals surface area contributed by atoms with Crippen molar-refractivity contribution in [1.29, 1.82) is 0 Å². The molecule has 0 aliphatic rings. The lowest BCUT2D eigenvalue weighted by Crippen LogP contribution is -2.37. The number of hydrogen-bond donors (Lipinski definition) is 2. The van der Waals surface area contributed by atoms with Crippen LogP contribution in [0.1, 0.15) is 12.5 Å². The first-order valence-corrected chi connectivity index (χ1v) is 6.91. The standard InChI is InChI=1S/C16H19N3O2.ClH/c1-2-19-11-13(8-9-15(19)20)18-16(21)14(17)10-12-6-4-3-5-7-12;/h3-9,11,14H,2,10,17H2,1H3,(H,18,21);1H. The number of rotatable bonds is 5. The lowest BCUT2D eigenvalue weighted by Gasteiger charge is -2.13. The minimum absolute atomic E-state index is 0. The zero-order valence-electron chi connectivity index (χ0n) is 12.4. The maximum absolute atomic E-state index is 12.1. The highest BCUT2D eigenvalue weighted by molar-refractivity contribution is 5.94. The third kappa shape index (κ3) is 4.72. The zero-order chi connectivity index (χ0) is 15.2. The number of aryl methyl sites for hydroxylation is 1. The summed E-state index contributed by atoms with van der Waals surface area (Å²) >= 11 is 0. The van der Waals surface area contributed by atoms with Crippen molar-refractivity contribution in [2.24, 2.45) is 5.73 Å². The van der Waals surface area contributed by atoms with E-state index in [0.29, 0.717) is 18.7 Å². The van der Waals surface area contributed by atoms with Crippen molar-refractivity contribution in [2.45, 2.75) is 25.9 Å². The Kier molecular flexibility index (Phi) is 6.82. The van der Waals surface area contributed by atoms with E-state index in [9.17, 15) is 9.59 Å². The van der Waals surface area contributed by atoms with Crippen LogP contribution in [-0.4, -0.2) is 16.5 Å². The number of pyridine rings is 1. The summed E-state index contributed by atoms with van der Waals surface area (Å²) in [7, 11) is 0. The van der Waals surface area contributed by atoms with Gasteiger partial charge in [-0.1, -0.05) is 30.3 Å². The van der Waals surface area contributed by atoms with Gasteiger partial charge in [0, 0.05) is 18.8 Å². The highest BCUT2D eigenvalue weighted by Gasteiger charge is 2.14. The van der Waals surface area contributed by atoms with Gasteiger partial charge in [0.05, 0.1) is 11.7 Å². The summed E-state index contributed by atoms with van der Waals surface area (Å²) < 4.78 is 1.53. The Morgan fingerprint density at radius 1 is 1.23 bits per heavy atom.